The number of unbranched alkanes of at least 4 members (excludes halogenated alkanes) is 1. The van der Waals surface area contributed by atoms with Gasteiger partial charge in [-0.1, -0.05) is 155 Å². The number of aldehydes is 2. The van der Waals surface area contributed by atoms with Gasteiger partial charge in [0.05, 0.1) is 72.2 Å². The molecule has 8 aromatic rings. The minimum atomic E-state index is -0.812. The maximum Gasteiger partial charge on any atom is 1.00 e. The Hall–Kier alpha value is -2.02. The molecule has 4 aliphatic heterocycles. The van der Waals surface area contributed by atoms with Gasteiger partial charge in [0.25, 0.3) is 0 Å². The number of hydrogen-bond donors (Lipinski definition) is 2. The molecule has 4 fully saturated rings. The molecule has 4 aromatic carbocycles. The molecule has 13 nitrogen and oxygen atoms in total. The van der Waals surface area contributed by atoms with Gasteiger partial charge in [-0.25, -0.2) is 0 Å². The molecule has 0 amide bonds. The fourth-order valence-electron chi connectivity index (χ4n) is 8.26. The minimum absolute atomic E-state index is 0. The van der Waals surface area contributed by atoms with Gasteiger partial charge in [-0.05, 0) is 125 Å². The van der Waals surface area contributed by atoms with E-state index in [2.05, 4.69) is 29.8 Å². The van der Waals surface area contributed by atoms with Gasteiger partial charge in [0.1, 0.15) is 28.9 Å². The van der Waals surface area contributed by atoms with Crippen LogP contribution >= 0.6 is 154 Å². The van der Waals surface area contributed by atoms with Crippen molar-refractivity contribution >= 4 is 167 Å². The number of rotatable bonds is 14. The first-order valence-electron chi connectivity index (χ1n) is 28.6. The number of benzene rings is 4. The smallest absolute Gasteiger partial charge is 0.397 e. The molecule has 27 heteroatoms. The van der Waals surface area contributed by atoms with Crippen LogP contribution in [0.2, 0.25) is 37.4 Å². The quantitative estimate of drug-likeness (QED) is 0.0603. The molecule has 4 aliphatic rings. The summed E-state index contributed by atoms with van der Waals surface area (Å²) in [6, 6.07) is 36.3. The molecule has 4 aromatic heterocycles. The van der Waals surface area contributed by atoms with Crippen LogP contribution in [-0.2, 0) is 42.6 Å². The van der Waals surface area contributed by atoms with E-state index in [-0.39, 0.29) is 56.5 Å². The van der Waals surface area contributed by atoms with Crippen LogP contribution in [0.25, 0.3) is 0 Å². The maximum atomic E-state index is 10.8. The second-order valence-electron chi connectivity index (χ2n) is 19.2. The zero-order valence-corrected chi connectivity index (χ0v) is 62.4. The summed E-state index contributed by atoms with van der Waals surface area (Å²) in [6.45, 7) is 13.4. The molecule has 0 saturated carbocycles. The molecule has 3 atom stereocenters. The van der Waals surface area contributed by atoms with Crippen LogP contribution in [-0.4, -0.2) is 96.5 Å². The Balaban J connectivity index is 0.000000241. The average molecular weight is 1570 g/mol. The summed E-state index contributed by atoms with van der Waals surface area (Å²) in [5.74, 6) is 0. The first-order chi connectivity index (χ1) is 44.4. The van der Waals surface area contributed by atoms with Crippen molar-refractivity contribution in [2.45, 2.75) is 76.7 Å². The van der Waals surface area contributed by atoms with Crippen molar-refractivity contribution in [2.75, 3.05) is 73.7 Å². The monoisotopic (exact) mass is 1560 g/mol. The fraction of sp³-hybridized carbons (Fsp3) is 0.348. The van der Waals surface area contributed by atoms with Gasteiger partial charge in [0.2, 0.25) is 0 Å². The molecule has 8 heterocycles. The summed E-state index contributed by atoms with van der Waals surface area (Å²) < 4.78 is 52.0. The first-order valence-corrected chi connectivity index (χ1v) is 35.7. The van der Waals surface area contributed by atoms with Crippen molar-refractivity contribution in [2.24, 2.45) is 0 Å². The van der Waals surface area contributed by atoms with Gasteiger partial charge >= 0.3 is 18.9 Å². The largest absolute Gasteiger partial charge is 1.00 e. The molecule has 500 valence electrons. The van der Waals surface area contributed by atoms with E-state index in [1.807, 2.05) is 66.7 Å². The number of ether oxygens (including phenoxy) is 9. The molecular weight excluding hydrogens is 1500 g/mol. The standard InChI is InChI=1S/C15H14Cl2O3S.C14H12Cl2O3S.C13H10Cl2O2S.C7H6BrClO2S.C7H5ClO.C4H8O.C4H9.C2H6O.Li/c1-18-13(9-3-2-4-10(16)7-9)11-8-12(21-14(11)17)15-19-5-6-20-15;15-9-3-1-2-8(6-9)12(17)10-7-11(20-13(10)16)14-18-4-5-19-14;1-17-12(8-3-2-4-9(14)5-8)11-6-10(7-16)18-13(11)15;8-4-3-5(12-6(4)9)7-10-1-2-11-7;8-7-3-1-2-6(4-7)5-9;1-2-4-5-3-1;1-3-4-2;1-2-3;/h2-4,7-8,13,15H,5-6H2,1H3;1-3,6-7,12,14,17H,4-5H2;2-7,12H,1H3;3,7H,1-2H2;1-5H;1-4H2;1,3-4H2,2H3;3H,2H2,1H3;/q;;;;;;-1;;+1. The van der Waals surface area contributed by atoms with Crippen LogP contribution in [0.4, 0.5) is 0 Å². The Kier molecular flexibility index (Phi) is 41.6. The summed E-state index contributed by atoms with van der Waals surface area (Å²) in [7, 11) is 3.25. The molecular formula is C66H70BrCl8LiO13S4. The molecule has 0 bridgehead atoms. The summed E-state index contributed by atoms with van der Waals surface area (Å²) >= 11 is 57.0. The van der Waals surface area contributed by atoms with Crippen molar-refractivity contribution in [1.29, 1.82) is 0 Å². The minimum Gasteiger partial charge on any atom is -0.397 e. The summed E-state index contributed by atoms with van der Waals surface area (Å²) in [5.41, 5.74) is 5.52. The maximum absolute atomic E-state index is 10.8. The number of carbonyl (C=O) groups excluding carboxylic acids is 2. The van der Waals surface area contributed by atoms with Gasteiger partial charge in [-0.3, -0.25) is 9.59 Å². The van der Waals surface area contributed by atoms with Crippen LogP contribution < -0.4 is 18.9 Å². The second-order valence-corrected chi connectivity index (χ2v) is 28.5. The summed E-state index contributed by atoms with van der Waals surface area (Å²) in [6.07, 6.45) is 4.09. The van der Waals surface area contributed by atoms with E-state index in [1.165, 1.54) is 64.6 Å². The van der Waals surface area contributed by atoms with Gasteiger partial charge in [0, 0.05) is 80.9 Å². The molecule has 0 spiro atoms. The van der Waals surface area contributed by atoms with Crippen LogP contribution in [0.15, 0.2) is 126 Å². The van der Waals surface area contributed by atoms with E-state index in [1.54, 1.807) is 75.7 Å². The number of carbonyl (C=O) groups is 2. The zero-order valence-electron chi connectivity index (χ0n) is 51.5. The normalized spacial score (nSPS) is 15.2. The zero-order chi connectivity index (χ0) is 67.0. The molecule has 0 aliphatic carbocycles. The van der Waals surface area contributed by atoms with Gasteiger partial charge in [0.15, 0.2) is 25.2 Å². The summed E-state index contributed by atoms with van der Waals surface area (Å²) in [5, 5.41) is 20.5. The van der Waals surface area contributed by atoms with E-state index in [0.29, 0.717) is 94.3 Å². The first kappa shape index (κ1) is 83.4. The Morgan fingerprint density at radius 2 is 0.892 bits per heavy atom. The van der Waals surface area contributed by atoms with Crippen molar-refractivity contribution < 1.29 is 81.3 Å². The van der Waals surface area contributed by atoms with E-state index in [0.717, 1.165) is 77.9 Å². The van der Waals surface area contributed by atoms with Crippen molar-refractivity contribution in [1.82, 2.24) is 0 Å². The molecule has 0 radical (unpaired) electrons. The predicted octanol–water partition coefficient (Wildman–Crippen LogP) is 18.4. The third-order valence-electron chi connectivity index (χ3n) is 12.5. The Bertz CT molecular complexity index is 3400. The number of aliphatic hydroxyl groups is 2. The molecule has 2 N–H and O–H groups in total. The van der Waals surface area contributed by atoms with Crippen LogP contribution in [0.3, 0.4) is 0 Å². The Morgan fingerprint density at radius 1 is 0.527 bits per heavy atom. The van der Waals surface area contributed by atoms with E-state index in [9.17, 15) is 14.7 Å². The second kappa shape index (κ2) is 46.3. The van der Waals surface area contributed by atoms with Crippen LogP contribution in [0.5, 0.6) is 0 Å². The number of methoxy groups -OCH3 is 2. The number of halogens is 9. The van der Waals surface area contributed by atoms with Gasteiger partial charge < -0.3 is 59.8 Å². The van der Waals surface area contributed by atoms with E-state index >= 15 is 0 Å². The molecule has 4 saturated heterocycles. The van der Waals surface area contributed by atoms with E-state index < -0.39 is 6.10 Å². The third kappa shape index (κ3) is 28.3. The molecule has 3 unspecified atom stereocenters. The van der Waals surface area contributed by atoms with Gasteiger partial charge in [-0.15, -0.1) is 45.3 Å². The Morgan fingerprint density at radius 3 is 1.24 bits per heavy atom. The summed E-state index contributed by atoms with van der Waals surface area (Å²) in [4.78, 5) is 24.3. The number of thiophene rings is 4. The van der Waals surface area contributed by atoms with Crippen molar-refractivity contribution in [3.05, 3.63) is 229 Å². The number of aliphatic hydroxyl groups excluding tert-OH is 2. The topological polar surface area (TPSA) is 158 Å². The van der Waals surface area contributed by atoms with Crippen LogP contribution in [0.1, 0.15) is 145 Å². The number of hydrogen-bond acceptors (Lipinski definition) is 17. The van der Waals surface area contributed by atoms with Gasteiger partial charge in [-0.2, -0.15) is 6.42 Å². The van der Waals surface area contributed by atoms with Crippen LogP contribution in [0, 0.1) is 6.92 Å². The molecule has 12 rings (SSSR count). The average Bonchev–Trinajstić information content (AvgIpc) is 1.91. The SMILES string of the molecule is C1CCOC1.CCO.COC(c1cccc(Cl)c1)c1cc(C2OCCO2)sc1Cl.COC(c1cccc(Cl)c1)c1cc(C=O)sc1Cl.Clc1sc(C2OCCO2)cc1Br.O=Cc1cccc(Cl)c1.OC(c1cccc(Cl)c1)c1cc(C2OCCO2)sc1Cl.[CH2-]CCC.[Li+]. The van der Waals surface area contributed by atoms with Crippen molar-refractivity contribution in [3.8, 4) is 0 Å². The predicted molar refractivity (Wildman–Crippen MR) is 380 cm³/mol. The van der Waals surface area contributed by atoms with Crippen molar-refractivity contribution in [3.63, 3.8) is 0 Å². The molecule has 93 heavy (non-hydrogen) atoms. The van der Waals surface area contributed by atoms with E-state index in [4.69, 9.17) is 141 Å². The Labute approximate surface area is 620 Å². The third-order valence-corrected chi connectivity index (χ3v) is 20.1. The fourth-order valence-corrected chi connectivity index (χ4v) is 14.6.